The van der Waals surface area contributed by atoms with Gasteiger partial charge in [0, 0.05) is 10.9 Å². The minimum absolute atomic E-state index is 0.0313. The lowest BCUT2D eigenvalue weighted by Crippen LogP contribution is -2.27. The molecule has 7 heteroatoms. The molecule has 2 aromatic carbocycles. The second kappa shape index (κ2) is 7.66. The van der Waals surface area contributed by atoms with E-state index in [9.17, 15) is 13.6 Å². The van der Waals surface area contributed by atoms with Gasteiger partial charge in [0.2, 0.25) is 12.7 Å². The molecular formula is C24H22NO5S-. The van der Waals surface area contributed by atoms with Crippen molar-refractivity contribution in [3.63, 3.8) is 0 Å². The minimum atomic E-state index is -2.12. The molecule has 1 aliphatic heterocycles. The van der Waals surface area contributed by atoms with Gasteiger partial charge in [-0.25, -0.2) is 0 Å². The fourth-order valence-electron chi connectivity index (χ4n) is 4.17. The molecule has 2 atom stereocenters. The third-order valence-electron chi connectivity index (χ3n) is 6.22. The highest BCUT2D eigenvalue weighted by molar-refractivity contribution is 7.80. The Kier molecular flexibility index (Phi) is 4.95. The van der Waals surface area contributed by atoms with Crippen LogP contribution < -0.4 is 14.8 Å². The summed E-state index contributed by atoms with van der Waals surface area (Å²) in [5.74, 6) is 1.36. The van der Waals surface area contributed by atoms with Gasteiger partial charge in [0.05, 0.1) is 5.41 Å². The summed E-state index contributed by atoms with van der Waals surface area (Å²) in [6.07, 6.45) is 7.51. The standard InChI is InChI=1S/C24H23NO5S/c1-15-2-6-18(13-20(15)16-3-7-19(8-4-16)31(27)28)25-23(26)24(10-11-24)17-5-9-21-22(12-17)30-14-29-21/h2-7,9,12-13,19H,8,10-11,14H2,1H3,(H,25,26)(H,27,28)/p-1. The van der Waals surface area contributed by atoms with E-state index in [1.807, 2.05) is 55.5 Å². The van der Waals surface area contributed by atoms with Crippen molar-refractivity contribution < 1.29 is 23.0 Å². The smallest absolute Gasteiger partial charge is 0.235 e. The zero-order chi connectivity index (χ0) is 21.6. The fraction of sp³-hybridized carbons (Fsp3) is 0.292. The maximum atomic E-state index is 13.2. The molecule has 1 fully saturated rings. The Labute approximate surface area is 183 Å². The Hall–Kier alpha value is -2.90. The van der Waals surface area contributed by atoms with Crippen molar-refractivity contribution in [3.05, 3.63) is 71.3 Å². The molecule has 0 spiro atoms. The maximum absolute atomic E-state index is 13.2. The van der Waals surface area contributed by atoms with E-state index in [2.05, 4.69) is 5.32 Å². The van der Waals surface area contributed by atoms with E-state index in [1.165, 1.54) is 0 Å². The monoisotopic (exact) mass is 436 g/mol. The van der Waals surface area contributed by atoms with Gasteiger partial charge in [0.25, 0.3) is 0 Å². The molecule has 1 heterocycles. The van der Waals surface area contributed by atoms with Crippen LogP contribution in [0.3, 0.4) is 0 Å². The molecule has 160 valence electrons. The van der Waals surface area contributed by atoms with Crippen LogP contribution in [0, 0.1) is 6.92 Å². The normalized spacial score (nSPS) is 21.4. The van der Waals surface area contributed by atoms with Crippen LogP contribution in [0.25, 0.3) is 5.57 Å². The van der Waals surface area contributed by atoms with Crippen molar-refractivity contribution in [1.29, 1.82) is 0 Å². The zero-order valence-electron chi connectivity index (χ0n) is 17.1. The van der Waals surface area contributed by atoms with Crippen LogP contribution in [-0.4, -0.2) is 26.7 Å². The van der Waals surface area contributed by atoms with Gasteiger partial charge < -0.3 is 19.3 Å². The van der Waals surface area contributed by atoms with Crippen molar-refractivity contribution in [3.8, 4) is 11.5 Å². The summed E-state index contributed by atoms with van der Waals surface area (Å²) < 4.78 is 33.2. The van der Waals surface area contributed by atoms with Crippen LogP contribution in [0.1, 0.15) is 36.0 Å². The molecule has 1 saturated carbocycles. The van der Waals surface area contributed by atoms with Crippen molar-refractivity contribution in [2.45, 2.75) is 36.9 Å². The van der Waals surface area contributed by atoms with Gasteiger partial charge in [-0.05, 0) is 83.8 Å². The van der Waals surface area contributed by atoms with Crippen molar-refractivity contribution in [2.24, 2.45) is 0 Å². The Morgan fingerprint density at radius 2 is 1.97 bits per heavy atom. The Balaban J connectivity index is 1.36. The second-order valence-electron chi connectivity index (χ2n) is 8.19. The third-order valence-corrected chi connectivity index (χ3v) is 7.07. The highest BCUT2D eigenvalue weighted by Gasteiger charge is 2.51. The number of aryl methyl sites for hydroxylation is 1. The summed E-state index contributed by atoms with van der Waals surface area (Å²) >= 11 is -2.12. The molecule has 6 nitrogen and oxygen atoms in total. The van der Waals surface area contributed by atoms with Crippen LogP contribution in [0.2, 0.25) is 0 Å². The van der Waals surface area contributed by atoms with E-state index in [-0.39, 0.29) is 12.7 Å². The van der Waals surface area contributed by atoms with Crippen LogP contribution in [0.15, 0.2) is 54.6 Å². The summed E-state index contributed by atoms with van der Waals surface area (Å²) in [7, 11) is 0. The first-order chi connectivity index (χ1) is 15.0. The van der Waals surface area contributed by atoms with Gasteiger partial charge in [0.1, 0.15) is 0 Å². The van der Waals surface area contributed by atoms with E-state index < -0.39 is 21.7 Å². The maximum Gasteiger partial charge on any atom is 0.235 e. The number of allylic oxidation sites excluding steroid dienone is 3. The summed E-state index contributed by atoms with van der Waals surface area (Å²) in [6.45, 7) is 2.21. The molecule has 2 aliphatic carbocycles. The van der Waals surface area contributed by atoms with E-state index in [1.54, 1.807) is 6.08 Å². The van der Waals surface area contributed by atoms with Crippen LogP contribution in [0.4, 0.5) is 5.69 Å². The number of anilines is 1. The SMILES string of the molecule is Cc1ccc(NC(=O)C2(c3ccc4c(c3)OCO4)CC2)cc1C1=CCC(S(=O)[O-])C=C1. The topological polar surface area (TPSA) is 87.7 Å². The number of hydrogen-bond acceptors (Lipinski definition) is 5. The number of ether oxygens (including phenoxy) is 2. The van der Waals surface area contributed by atoms with Gasteiger partial charge in [-0.3, -0.25) is 9.00 Å². The lowest BCUT2D eigenvalue weighted by atomic mass is 9.93. The average Bonchev–Trinajstić information content (AvgIpc) is 3.46. The highest BCUT2D eigenvalue weighted by Crippen LogP contribution is 2.51. The first-order valence-corrected chi connectivity index (χ1v) is 11.4. The van der Waals surface area contributed by atoms with Crippen molar-refractivity contribution in [2.75, 3.05) is 12.1 Å². The number of amides is 1. The molecule has 2 aromatic rings. The molecule has 1 N–H and O–H groups in total. The van der Waals surface area contributed by atoms with Gasteiger partial charge in [-0.1, -0.05) is 30.4 Å². The average molecular weight is 437 g/mol. The molecule has 0 radical (unpaired) electrons. The van der Waals surface area contributed by atoms with Crippen LogP contribution in [-0.2, 0) is 21.3 Å². The van der Waals surface area contributed by atoms with Gasteiger partial charge in [-0.15, -0.1) is 0 Å². The predicted octanol–water partition coefficient (Wildman–Crippen LogP) is 3.99. The Bertz CT molecular complexity index is 1150. The van der Waals surface area contributed by atoms with E-state index in [0.717, 1.165) is 40.8 Å². The molecule has 2 unspecified atom stereocenters. The largest absolute Gasteiger partial charge is 0.772 e. The number of carbonyl (C=O) groups is 1. The fourth-order valence-corrected chi connectivity index (χ4v) is 4.63. The van der Waals surface area contributed by atoms with E-state index >= 15 is 0 Å². The molecule has 3 aliphatic rings. The number of benzene rings is 2. The molecule has 1 amide bonds. The minimum Gasteiger partial charge on any atom is -0.772 e. The first kappa shape index (κ1) is 20.0. The highest BCUT2D eigenvalue weighted by atomic mass is 32.2. The van der Waals surface area contributed by atoms with E-state index in [4.69, 9.17) is 9.47 Å². The number of nitrogens with one attached hydrogen (secondary N) is 1. The van der Waals surface area contributed by atoms with Gasteiger partial charge in [0.15, 0.2) is 11.5 Å². The lowest BCUT2D eigenvalue weighted by Gasteiger charge is -2.20. The van der Waals surface area contributed by atoms with Crippen LogP contribution in [0.5, 0.6) is 11.5 Å². The number of hydrogen-bond donors (Lipinski definition) is 1. The summed E-state index contributed by atoms with van der Waals surface area (Å²) in [4.78, 5) is 13.2. The molecule has 31 heavy (non-hydrogen) atoms. The molecule has 0 aromatic heterocycles. The summed E-state index contributed by atoms with van der Waals surface area (Å²) in [5.41, 5.74) is 4.14. The van der Waals surface area contributed by atoms with E-state index in [0.29, 0.717) is 17.9 Å². The molecule has 0 saturated heterocycles. The number of fused-ring (bicyclic) bond motifs is 1. The zero-order valence-corrected chi connectivity index (χ0v) is 17.9. The molecular weight excluding hydrogens is 414 g/mol. The lowest BCUT2D eigenvalue weighted by molar-refractivity contribution is -0.118. The van der Waals surface area contributed by atoms with Gasteiger partial charge in [-0.2, -0.15) is 0 Å². The Morgan fingerprint density at radius 3 is 2.68 bits per heavy atom. The van der Waals surface area contributed by atoms with Crippen LogP contribution >= 0.6 is 0 Å². The first-order valence-electron chi connectivity index (χ1n) is 10.3. The third kappa shape index (κ3) is 3.68. The Morgan fingerprint density at radius 1 is 1.16 bits per heavy atom. The number of carbonyl (C=O) groups excluding carboxylic acids is 1. The number of rotatable bonds is 5. The molecule has 5 rings (SSSR count). The predicted molar refractivity (Wildman–Crippen MR) is 118 cm³/mol. The van der Waals surface area contributed by atoms with Crippen molar-refractivity contribution >= 4 is 28.2 Å². The summed E-state index contributed by atoms with van der Waals surface area (Å²) in [5, 5.41) is 2.60. The van der Waals surface area contributed by atoms with Gasteiger partial charge >= 0.3 is 0 Å². The summed E-state index contributed by atoms with van der Waals surface area (Å²) in [6, 6.07) is 11.5. The molecule has 0 bridgehead atoms. The second-order valence-corrected chi connectivity index (χ2v) is 9.31. The quantitative estimate of drug-likeness (QED) is 0.716. The van der Waals surface area contributed by atoms with Crippen molar-refractivity contribution in [1.82, 2.24) is 0 Å².